The molecule has 2 nitrogen and oxygen atoms in total. The molecule has 0 amide bonds. The van der Waals surface area contributed by atoms with Gasteiger partial charge in [0.1, 0.15) is 0 Å². The molecule has 0 aromatic rings. The van der Waals surface area contributed by atoms with Gasteiger partial charge in [0.05, 0.1) is 0 Å². The molecule has 0 heterocycles. The molecule has 0 atom stereocenters. The smallest absolute Gasteiger partial charge is 0.427 e. The Bertz CT molecular complexity index is 91.6. The van der Waals surface area contributed by atoms with E-state index in [0.29, 0.717) is 6.32 Å². The lowest BCUT2D eigenvalue weighted by atomic mass is 9.84. The first-order chi connectivity index (χ1) is 4.77. The fraction of sp³-hybridized carbons (Fsp3) is 0.714. The number of allylic oxidation sites excluding steroid dienone is 2. The van der Waals surface area contributed by atoms with Crippen molar-refractivity contribution in [2.75, 3.05) is 0 Å². The standard InChI is InChI=1S/C7H15BO2/c1-2-3-4-5-6-7-8(9)10/h4-5,9-10H,2-3,6-7H2,1H3. The van der Waals surface area contributed by atoms with Crippen molar-refractivity contribution in [2.45, 2.75) is 32.5 Å². The zero-order chi connectivity index (χ0) is 7.82. The van der Waals surface area contributed by atoms with Crippen molar-refractivity contribution >= 4 is 7.12 Å². The summed E-state index contributed by atoms with van der Waals surface area (Å²) in [5, 5.41) is 16.9. The first-order valence-electron chi connectivity index (χ1n) is 3.78. The summed E-state index contributed by atoms with van der Waals surface area (Å²) in [6.07, 6.45) is 7.50. The second kappa shape index (κ2) is 6.84. The molecule has 58 valence electrons. The van der Waals surface area contributed by atoms with Crippen LogP contribution < -0.4 is 0 Å². The maximum atomic E-state index is 8.43. The summed E-state index contributed by atoms with van der Waals surface area (Å²) in [6.45, 7) is 2.12. The molecule has 0 fully saturated rings. The highest BCUT2D eigenvalue weighted by atomic mass is 16.4. The summed E-state index contributed by atoms with van der Waals surface area (Å²) >= 11 is 0. The van der Waals surface area contributed by atoms with Crippen molar-refractivity contribution in [1.29, 1.82) is 0 Å². The van der Waals surface area contributed by atoms with Gasteiger partial charge in [-0.1, -0.05) is 25.5 Å². The molecular weight excluding hydrogens is 127 g/mol. The number of hydrogen-bond donors (Lipinski definition) is 2. The molecule has 10 heavy (non-hydrogen) atoms. The molecule has 0 aliphatic heterocycles. The van der Waals surface area contributed by atoms with Crippen LogP contribution in [0.4, 0.5) is 0 Å². The minimum atomic E-state index is -1.15. The molecule has 0 aliphatic carbocycles. The van der Waals surface area contributed by atoms with Crippen LogP contribution in [0.3, 0.4) is 0 Å². The maximum absolute atomic E-state index is 8.43. The predicted molar refractivity (Wildman–Crippen MR) is 43.7 cm³/mol. The number of unbranched alkanes of at least 4 members (excludes halogenated alkanes) is 1. The summed E-state index contributed by atoms with van der Waals surface area (Å²) in [5.74, 6) is 0. The van der Waals surface area contributed by atoms with Crippen molar-refractivity contribution in [2.24, 2.45) is 0 Å². The van der Waals surface area contributed by atoms with Gasteiger partial charge in [0, 0.05) is 0 Å². The Hall–Kier alpha value is -0.275. The van der Waals surface area contributed by atoms with Crippen molar-refractivity contribution in [3.05, 3.63) is 12.2 Å². The number of rotatable bonds is 5. The molecule has 0 aromatic heterocycles. The van der Waals surface area contributed by atoms with Crippen LogP contribution in [0.2, 0.25) is 6.32 Å². The van der Waals surface area contributed by atoms with E-state index in [0.717, 1.165) is 19.3 Å². The van der Waals surface area contributed by atoms with E-state index in [2.05, 4.69) is 13.0 Å². The van der Waals surface area contributed by atoms with Crippen LogP contribution in [0.25, 0.3) is 0 Å². The second-order valence-corrected chi connectivity index (χ2v) is 2.32. The SMILES string of the molecule is CCCC=CCCB(O)O. The molecule has 0 saturated carbocycles. The van der Waals surface area contributed by atoms with E-state index in [1.807, 2.05) is 6.08 Å². The highest BCUT2D eigenvalue weighted by Crippen LogP contribution is 1.96. The minimum Gasteiger partial charge on any atom is -0.427 e. The Labute approximate surface area is 62.7 Å². The molecule has 0 spiro atoms. The Balaban J connectivity index is 3.02. The van der Waals surface area contributed by atoms with E-state index in [9.17, 15) is 0 Å². The van der Waals surface area contributed by atoms with Crippen molar-refractivity contribution in [3.8, 4) is 0 Å². The summed E-state index contributed by atoms with van der Waals surface area (Å²) in [4.78, 5) is 0. The van der Waals surface area contributed by atoms with Crippen LogP contribution >= 0.6 is 0 Å². The molecule has 3 heteroatoms. The van der Waals surface area contributed by atoms with E-state index < -0.39 is 7.12 Å². The third-order valence-electron chi connectivity index (χ3n) is 1.21. The van der Waals surface area contributed by atoms with Crippen LogP contribution in [0.15, 0.2) is 12.2 Å². The average Bonchev–Trinajstić information content (AvgIpc) is 1.87. The van der Waals surface area contributed by atoms with Gasteiger partial charge in [-0.2, -0.15) is 0 Å². The highest BCUT2D eigenvalue weighted by molar-refractivity contribution is 6.40. The Morgan fingerprint density at radius 3 is 2.30 bits per heavy atom. The van der Waals surface area contributed by atoms with E-state index >= 15 is 0 Å². The number of hydrogen-bond acceptors (Lipinski definition) is 2. The van der Waals surface area contributed by atoms with Crippen LogP contribution in [0, 0.1) is 0 Å². The van der Waals surface area contributed by atoms with Gasteiger partial charge >= 0.3 is 7.12 Å². The Morgan fingerprint density at radius 2 is 1.80 bits per heavy atom. The van der Waals surface area contributed by atoms with E-state index in [1.54, 1.807) is 0 Å². The summed E-state index contributed by atoms with van der Waals surface area (Å²) in [6, 6.07) is 0. The lowest BCUT2D eigenvalue weighted by Crippen LogP contribution is -2.08. The lowest BCUT2D eigenvalue weighted by Gasteiger charge is -1.91. The van der Waals surface area contributed by atoms with Crippen LogP contribution in [-0.2, 0) is 0 Å². The largest absolute Gasteiger partial charge is 0.451 e. The van der Waals surface area contributed by atoms with Gasteiger partial charge < -0.3 is 10.0 Å². The normalized spacial score (nSPS) is 10.7. The molecule has 0 unspecified atom stereocenters. The second-order valence-electron chi connectivity index (χ2n) is 2.32. The van der Waals surface area contributed by atoms with Gasteiger partial charge in [-0.25, -0.2) is 0 Å². The van der Waals surface area contributed by atoms with Gasteiger partial charge in [0.15, 0.2) is 0 Å². The molecule has 0 bridgehead atoms. The zero-order valence-corrected chi connectivity index (χ0v) is 6.45. The fourth-order valence-corrected chi connectivity index (χ4v) is 0.648. The van der Waals surface area contributed by atoms with Gasteiger partial charge in [-0.3, -0.25) is 0 Å². The Kier molecular flexibility index (Phi) is 6.65. The molecule has 0 radical (unpaired) electrons. The van der Waals surface area contributed by atoms with Crippen LogP contribution in [0.5, 0.6) is 0 Å². The zero-order valence-electron chi connectivity index (χ0n) is 6.45. The average molecular weight is 142 g/mol. The monoisotopic (exact) mass is 142 g/mol. The highest BCUT2D eigenvalue weighted by Gasteiger charge is 2.02. The van der Waals surface area contributed by atoms with Crippen molar-refractivity contribution in [1.82, 2.24) is 0 Å². The quantitative estimate of drug-likeness (QED) is 0.447. The predicted octanol–water partition coefficient (Wildman–Crippen LogP) is 1.21. The summed E-state index contributed by atoms with van der Waals surface area (Å²) < 4.78 is 0. The third kappa shape index (κ3) is 7.72. The van der Waals surface area contributed by atoms with Crippen molar-refractivity contribution in [3.63, 3.8) is 0 Å². The maximum Gasteiger partial charge on any atom is 0.451 e. The fourth-order valence-electron chi connectivity index (χ4n) is 0.648. The lowest BCUT2D eigenvalue weighted by molar-refractivity contribution is 0.406. The molecular formula is C7H15BO2. The summed E-state index contributed by atoms with van der Waals surface area (Å²) in [7, 11) is -1.15. The van der Waals surface area contributed by atoms with Crippen LogP contribution in [-0.4, -0.2) is 17.2 Å². The molecule has 0 rings (SSSR count). The first-order valence-corrected chi connectivity index (χ1v) is 3.78. The molecule has 2 N–H and O–H groups in total. The summed E-state index contributed by atoms with van der Waals surface area (Å²) in [5.41, 5.74) is 0. The molecule has 0 aromatic carbocycles. The van der Waals surface area contributed by atoms with E-state index in [1.165, 1.54) is 0 Å². The molecule has 0 aliphatic rings. The Morgan fingerprint density at radius 1 is 1.20 bits per heavy atom. The van der Waals surface area contributed by atoms with Gasteiger partial charge in [-0.15, -0.1) is 0 Å². The van der Waals surface area contributed by atoms with E-state index in [-0.39, 0.29) is 0 Å². The minimum absolute atomic E-state index is 0.445. The molecule has 0 saturated heterocycles. The van der Waals surface area contributed by atoms with Crippen molar-refractivity contribution < 1.29 is 10.0 Å². The third-order valence-corrected chi connectivity index (χ3v) is 1.21. The first kappa shape index (κ1) is 9.72. The van der Waals surface area contributed by atoms with Gasteiger partial charge in [0.25, 0.3) is 0 Å². The van der Waals surface area contributed by atoms with Gasteiger partial charge in [0.2, 0.25) is 0 Å². The topological polar surface area (TPSA) is 40.5 Å². The van der Waals surface area contributed by atoms with Crippen LogP contribution in [0.1, 0.15) is 26.2 Å². The van der Waals surface area contributed by atoms with E-state index in [4.69, 9.17) is 10.0 Å². The van der Waals surface area contributed by atoms with Gasteiger partial charge in [-0.05, 0) is 19.2 Å².